The molecule has 5 fully saturated rings. The zero-order chi connectivity index (χ0) is 41.9. The molecule has 0 aromatic heterocycles. The summed E-state index contributed by atoms with van der Waals surface area (Å²) in [6.07, 6.45) is 4.03. The van der Waals surface area contributed by atoms with Crippen molar-refractivity contribution in [2.45, 2.75) is 77.7 Å². The molecule has 0 radical (unpaired) electrons. The van der Waals surface area contributed by atoms with Crippen molar-refractivity contribution in [3.8, 4) is 0 Å². The zero-order valence-corrected chi connectivity index (χ0v) is 36.6. The van der Waals surface area contributed by atoms with E-state index in [0.717, 1.165) is 12.8 Å². The number of hydrogen-bond acceptors (Lipinski definition) is 16. The van der Waals surface area contributed by atoms with E-state index in [1.165, 1.54) is 4.90 Å². The molecule has 2 unspecified atom stereocenters. The number of nitrogens with one attached hydrogen (secondary N) is 2. The quantitative estimate of drug-likeness (QED) is 0.149. The predicted molar refractivity (Wildman–Crippen MR) is 209 cm³/mol. The van der Waals surface area contributed by atoms with Crippen molar-refractivity contribution in [3.05, 3.63) is 0 Å². The summed E-state index contributed by atoms with van der Waals surface area (Å²) in [6, 6.07) is -0.870. The van der Waals surface area contributed by atoms with Crippen molar-refractivity contribution < 1.29 is 54.2 Å². The first kappa shape index (κ1) is 46.0. The largest absolute Gasteiger partial charge is 0.475 e. The zero-order valence-electron chi connectivity index (χ0n) is 34.2. The van der Waals surface area contributed by atoms with E-state index in [9.17, 15) is 43.6 Å². The Hall–Kier alpha value is -3.05. The van der Waals surface area contributed by atoms with Crippen LogP contribution >= 0.6 is 0 Å². The van der Waals surface area contributed by atoms with E-state index in [4.69, 9.17) is 10.6 Å². The van der Waals surface area contributed by atoms with Gasteiger partial charge in [-0.05, 0) is 51.4 Å². The van der Waals surface area contributed by atoms with Gasteiger partial charge < -0.3 is 20.3 Å². The van der Waals surface area contributed by atoms with Crippen molar-refractivity contribution in [2.75, 3.05) is 91.6 Å². The van der Waals surface area contributed by atoms with Gasteiger partial charge in [0, 0.05) is 24.8 Å². The number of carbonyl (C=O) groups is 7. The SMILES string of the molecule is CC(C)[C@H](CC(=O)C1CCC(CNC(=O)CN2CCN3CCN4CCN(CC2)CC(=O)[O][Ga]([O]C(=O)C3)[O]C(=O)C4)CC1)C(=O)N[C@H](C)C(=O)N1CCC[C@H]1B(O)O. The van der Waals surface area contributed by atoms with E-state index in [2.05, 4.69) is 10.6 Å². The molecule has 5 rings (SSSR count). The second-order valence-electron chi connectivity index (χ2n) is 16.8. The third-order valence-electron chi connectivity index (χ3n) is 12.1. The normalized spacial score (nSPS) is 28.8. The van der Waals surface area contributed by atoms with Gasteiger partial charge in [-0.25, -0.2) is 0 Å². The molecule has 4 saturated heterocycles. The van der Waals surface area contributed by atoms with Gasteiger partial charge in [0.15, 0.2) is 0 Å². The summed E-state index contributed by atoms with van der Waals surface area (Å²) in [5.41, 5.74) is 0. The standard InChI is InChI=1S/C37H64BN7O12.Ga/c1-25(2)29(36(54)40-26(3)37(55)45-10-4-5-31(45)38(56)57)19-30(46)28-8-6-27(7-9-28)20-39-32(47)21-41-11-13-42(22-33(48)49)15-17-44(24-35(52)53)18-16-43(14-12-41)23-34(50)51;/h25-29,31,56-57H,4-24H2,1-3H3,(H,39,47)(H,40,54)(H,48,49)(H,50,51)(H,52,53);/q;+3/p-3/t26-,27?,28?,29+,31+;/m1./s1. The predicted octanol–water partition coefficient (Wildman–Crippen LogP) is -2.49. The molecule has 4 aliphatic heterocycles. The van der Waals surface area contributed by atoms with Crippen LogP contribution in [0.25, 0.3) is 0 Å². The molecule has 5 aliphatic rings. The molecule has 3 amide bonds. The smallest absolute Gasteiger partial charge is 0.426 e. The number of hydrogen-bond donors (Lipinski definition) is 4. The number of Topliss-reactive ketones (excluding diaryl/α,β-unsaturated/α-hetero) is 1. The van der Waals surface area contributed by atoms with Crippen LogP contribution in [0.4, 0.5) is 0 Å². The minimum Gasteiger partial charge on any atom is -0.426 e. The van der Waals surface area contributed by atoms with Crippen molar-refractivity contribution in [1.82, 2.24) is 35.1 Å². The number of likely N-dealkylation sites (tertiary alicyclic amines) is 1. The minimum absolute atomic E-state index is 0.00472. The molecule has 19 nitrogen and oxygen atoms in total. The molecule has 4 N–H and O–H groups in total. The van der Waals surface area contributed by atoms with Gasteiger partial charge in [0.25, 0.3) is 0 Å². The average Bonchev–Trinajstić information content (AvgIpc) is 3.65. The van der Waals surface area contributed by atoms with Gasteiger partial charge in [-0.15, -0.1) is 0 Å². The second kappa shape index (κ2) is 22.0. The summed E-state index contributed by atoms with van der Waals surface area (Å²) in [7, 11) is -1.65. The van der Waals surface area contributed by atoms with Crippen LogP contribution in [0.3, 0.4) is 0 Å². The van der Waals surface area contributed by atoms with Crippen molar-refractivity contribution >= 4 is 65.8 Å². The summed E-state index contributed by atoms with van der Waals surface area (Å²) in [5.74, 6) is -4.11. The van der Waals surface area contributed by atoms with Gasteiger partial charge in [0.1, 0.15) is 11.8 Å². The van der Waals surface area contributed by atoms with E-state index < -0.39 is 60.2 Å². The fourth-order valence-electron chi connectivity index (χ4n) is 8.49. The summed E-state index contributed by atoms with van der Waals surface area (Å²) in [4.78, 5) is 101. The Bertz CT molecular complexity index is 1450. The Morgan fingerprint density at radius 2 is 1.28 bits per heavy atom. The number of rotatable bonds is 12. The van der Waals surface area contributed by atoms with Gasteiger partial charge in [-0.2, -0.15) is 0 Å². The number of nitrogens with zero attached hydrogens (tertiary/aromatic N) is 5. The number of fused-ring (bicyclic) bond motifs is 7. The van der Waals surface area contributed by atoms with Gasteiger partial charge in [-0.1, -0.05) is 13.8 Å². The third-order valence-corrected chi connectivity index (χ3v) is 15.0. The molecule has 1 aliphatic carbocycles. The summed E-state index contributed by atoms with van der Waals surface area (Å²) < 4.78 is 16.2. The molecule has 21 heteroatoms. The van der Waals surface area contributed by atoms with E-state index in [1.807, 2.05) is 33.4 Å². The maximum absolute atomic E-state index is 13.5. The van der Waals surface area contributed by atoms with Crippen LogP contribution < -0.4 is 10.6 Å². The Kier molecular flexibility index (Phi) is 17.4. The van der Waals surface area contributed by atoms with Gasteiger partial charge in [0.2, 0.25) is 11.8 Å². The number of carbonyl (C=O) groups excluding carboxylic acids is 7. The molecule has 1 saturated carbocycles. The summed E-state index contributed by atoms with van der Waals surface area (Å²) >= 11 is -3.94. The first-order chi connectivity index (χ1) is 27.6. The Morgan fingerprint density at radius 1 is 0.759 bits per heavy atom. The maximum atomic E-state index is 13.5. The molecule has 5 atom stereocenters. The Balaban J connectivity index is 1.08. The minimum atomic E-state index is -3.94. The van der Waals surface area contributed by atoms with Crippen LogP contribution in [-0.4, -0.2) is 204 Å². The first-order valence-electron chi connectivity index (χ1n) is 20.9. The Labute approximate surface area is 347 Å². The molecular formula is C37H61BGaN7O12. The first-order valence-corrected chi connectivity index (χ1v) is 23.9. The summed E-state index contributed by atoms with van der Waals surface area (Å²) in [5, 5.41) is 25.2. The fraction of sp³-hybridized carbons (Fsp3) is 0.811. The van der Waals surface area contributed by atoms with Gasteiger partial charge in [0.05, 0.1) is 5.94 Å². The molecule has 4 heterocycles. The monoisotopic (exact) mass is 875 g/mol. The maximum Gasteiger partial charge on any atom is 0.475 e. The topological polar surface area (TPSA) is 228 Å². The van der Waals surface area contributed by atoms with Crippen LogP contribution in [0.2, 0.25) is 0 Å². The van der Waals surface area contributed by atoms with E-state index >= 15 is 0 Å². The molecule has 4 bridgehead atoms. The van der Waals surface area contributed by atoms with Crippen LogP contribution in [-0.2, 0) is 44.1 Å². The molecular weight excluding hydrogens is 815 g/mol. The van der Waals surface area contributed by atoms with Crippen molar-refractivity contribution in [3.63, 3.8) is 0 Å². The van der Waals surface area contributed by atoms with Crippen LogP contribution in [0, 0.1) is 23.7 Å². The molecule has 0 aromatic carbocycles. The molecule has 58 heavy (non-hydrogen) atoms. The van der Waals surface area contributed by atoms with E-state index in [1.54, 1.807) is 6.92 Å². The van der Waals surface area contributed by atoms with Gasteiger partial charge >= 0.3 is 194 Å². The fourth-order valence-corrected chi connectivity index (χ4v) is 10.6. The third kappa shape index (κ3) is 13.7. The molecule has 0 aromatic rings. The molecule has 322 valence electrons. The average molecular weight is 876 g/mol. The van der Waals surface area contributed by atoms with Crippen LogP contribution in [0.5, 0.6) is 0 Å². The number of ketones is 1. The van der Waals surface area contributed by atoms with Crippen LogP contribution in [0.15, 0.2) is 0 Å². The van der Waals surface area contributed by atoms with Crippen molar-refractivity contribution in [1.29, 1.82) is 0 Å². The van der Waals surface area contributed by atoms with Crippen LogP contribution in [0.1, 0.15) is 65.7 Å². The second-order valence-corrected chi connectivity index (χ2v) is 19.5. The molecule has 0 spiro atoms. The number of amides is 3. The van der Waals surface area contributed by atoms with E-state index in [0.29, 0.717) is 91.1 Å². The van der Waals surface area contributed by atoms with Gasteiger partial charge in [-0.3, -0.25) is 14.4 Å². The summed E-state index contributed by atoms with van der Waals surface area (Å²) in [6.45, 7) is 10.1. The van der Waals surface area contributed by atoms with E-state index in [-0.39, 0.29) is 73.9 Å². The Morgan fingerprint density at radius 3 is 1.78 bits per heavy atom. The van der Waals surface area contributed by atoms with Crippen molar-refractivity contribution in [2.24, 2.45) is 23.7 Å².